The molecule has 156 valence electrons. The standard InChI is InChI=1S/C22H28N4O2.ClH/c1-16-7-5-9-18(13-16)25-21(28)26-19-10-6-8-17(14-19)15-24-20(27)22(23)11-3-2-4-12-22;/h5-10,13-14H,2-4,11-12,15,23H2,1H3,(H,24,27)(H2,25,26,28);1H. The summed E-state index contributed by atoms with van der Waals surface area (Å²) >= 11 is 0. The van der Waals surface area contributed by atoms with E-state index in [1.54, 1.807) is 0 Å². The highest BCUT2D eigenvalue weighted by atomic mass is 35.5. The molecule has 0 aromatic heterocycles. The summed E-state index contributed by atoms with van der Waals surface area (Å²) in [6.45, 7) is 2.35. The molecule has 5 N–H and O–H groups in total. The summed E-state index contributed by atoms with van der Waals surface area (Å²) in [6.07, 6.45) is 4.61. The Morgan fingerprint density at radius 3 is 2.24 bits per heavy atom. The summed E-state index contributed by atoms with van der Waals surface area (Å²) in [7, 11) is 0. The summed E-state index contributed by atoms with van der Waals surface area (Å²) in [5.41, 5.74) is 8.90. The lowest BCUT2D eigenvalue weighted by Gasteiger charge is -2.31. The number of carbonyl (C=O) groups is 2. The first-order chi connectivity index (χ1) is 13.4. The maximum Gasteiger partial charge on any atom is 0.323 e. The second-order valence-electron chi connectivity index (χ2n) is 7.55. The van der Waals surface area contributed by atoms with E-state index in [0.29, 0.717) is 12.2 Å². The lowest BCUT2D eigenvalue weighted by atomic mass is 9.82. The summed E-state index contributed by atoms with van der Waals surface area (Å²) < 4.78 is 0. The monoisotopic (exact) mass is 416 g/mol. The van der Waals surface area contributed by atoms with E-state index in [1.165, 1.54) is 0 Å². The minimum absolute atomic E-state index is 0. The van der Waals surface area contributed by atoms with Crippen molar-refractivity contribution >= 4 is 35.7 Å². The quantitative estimate of drug-likeness (QED) is 0.583. The predicted octanol–water partition coefficient (Wildman–Crippen LogP) is 4.34. The minimum atomic E-state index is -0.748. The van der Waals surface area contributed by atoms with Crippen molar-refractivity contribution in [2.75, 3.05) is 10.6 Å². The fourth-order valence-electron chi connectivity index (χ4n) is 3.54. The SMILES string of the molecule is Cc1cccc(NC(=O)Nc2cccc(CNC(=O)C3(N)CCCCC3)c2)c1.Cl. The zero-order valence-electron chi connectivity index (χ0n) is 16.7. The molecule has 0 atom stereocenters. The summed E-state index contributed by atoms with van der Waals surface area (Å²) in [5.74, 6) is -0.0947. The van der Waals surface area contributed by atoms with Crippen LogP contribution in [0.4, 0.5) is 16.2 Å². The third kappa shape index (κ3) is 6.48. The normalized spacial score (nSPS) is 15.0. The maximum atomic E-state index is 12.5. The van der Waals surface area contributed by atoms with Gasteiger partial charge in [0.05, 0.1) is 5.54 Å². The van der Waals surface area contributed by atoms with E-state index in [4.69, 9.17) is 5.73 Å². The van der Waals surface area contributed by atoms with Gasteiger partial charge in [0.25, 0.3) is 0 Å². The van der Waals surface area contributed by atoms with Crippen LogP contribution in [0.3, 0.4) is 0 Å². The molecule has 0 spiro atoms. The lowest BCUT2D eigenvalue weighted by molar-refractivity contribution is -0.127. The highest BCUT2D eigenvalue weighted by molar-refractivity contribution is 5.99. The van der Waals surface area contributed by atoms with Gasteiger partial charge in [-0.3, -0.25) is 4.79 Å². The molecule has 1 saturated carbocycles. The van der Waals surface area contributed by atoms with Crippen molar-refractivity contribution in [1.29, 1.82) is 0 Å². The molecule has 6 nitrogen and oxygen atoms in total. The predicted molar refractivity (Wildman–Crippen MR) is 119 cm³/mol. The molecule has 1 aliphatic carbocycles. The molecule has 0 saturated heterocycles. The van der Waals surface area contributed by atoms with Gasteiger partial charge in [-0.1, -0.05) is 43.5 Å². The van der Waals surface area contributed by atoms with Crippen molar-refractivity contribution in [3.63, 3.8) is 0 Å². The van der Waals surface area contributed by atoms with Crippen LogP contribution in [0.15, 0.2) is 48.5 Å². The second-order valence-corrected chi connectivity index (χ2v) is 7.55. The molecule has 0 aliphatic heterocycles. The zero-order valence-corrected chi connectivity index (χ0v) is 17.5. The van der Waals surface area contributed by atoms with Crippen molar-refractivity contribution in [1.82, 2.24) is 5.32 Å². The van der Waals surface area contributed by atoms with Gasteiger partial charge in [-0.25, -0.2) is 4.79 Å². The van der Waals surface area contributed by atoms with Crippen LogP contribution in [-0.4, -0.2) is 17.5 Å². The molecular weight excluding hydrogens is 388 g/mol. The summed E-state index contributed by atoms with van der Waals surface area (Å²) in [5, 5.41) is 8.58. The highest BCUT2D eigenvalue weighted by Crippen LogP contribution is 2.26. The van der Waals surface area contributed by atoms with Gasteiger partial charge < -0.3 is 21.7 Å². The number of hydrogen-bond donors (Lipinski definition) is 4. The van der Waals surface area contributed by atoms with Crippen LogP contribution in [0.25, 0.3) is 0 Å². The van der Waals surface area contributed by atoms with Crippen LogP contribution in [0.2, 0.25) is 0 Å². The largest absolute Gasteiger partial charge is 0.350 e. The molecule has 29 heavy (non-hydrogen) atoms. The lowest BCUT2D eigenvalue weighted by Crippen LogP contribution is -2.54. The summed E-state index contributed by atoms with van der Waals surface area (Å²) in [6, 6.07) is 14.7. The molecule has 3 amide bonds. The Bertz CT molecular complexity index is 850. The molecule has 2 aromatic carbocycles. The summed E-state index contributed by atoms with van der Waals surface area (Å²) in [4.78, 5) is 24.7. The molecule has 0 heterocycles. The highest BCUT2D eigenvalue weighted by Gasteiger charge is 2.34. The Labute approximate surface area is 178 Å². The van der Waals surface area contributed by atoms with Gasteiger partial charge in [0.2, 0.25) is 5.91 Å². The minimum Gasteiger partial charge on any atom is -0.350 e. The van der Waals surface area contributed by atoms with Gasteiger partial charge in [0.1, 0.15) is 0 Å². The first kappa shape index (κ1) is 22.7. The molecule has 0 radical (unpaired) electrons. The van der Waals surface area contributed by atoms with Crippen LogP contribution in [0.5, 0.6) is 0 Å². The Balaban J connectivity index is 0.00000300. The zero-order chi connectivity index (χ0) is 20.0. The van der Waals surface area contributed by atoms with Crippen molar-refractivity contribution in [3.05, 3.63) is 59.7 Å². The Hall–Kier alpha value is -2.57. The number of aryl methyl sites for hydroxylation is 1. The molecule has 7 heteroatoms. The molecule has 1 fully saturated rings. The Morgan fingerprint density at radius 2 is 1.59 bits per heavy atom. The van der Waals surface area contributed by atoms with E-state index >= 15 is 0 Å². The molecule has 0 unspecified atom stereocenters. The Kier molecular flexibility index (Phi) is 8.05. The van der Waals surface area contributed by atoms with Gasteiger partial charge in [-0.2, -0.15) is 0 Å². The number of amides is 3. The molecule has 0 bridgehead atoms. The van der Waals surface area contributed by atoms with Gasteiger partial charge in [0, 0.05) is 17.9 Å². The third-order valence-corrected chi connectivity index (χ3v) is 5.11. The van der Waals surface area contributed by atoms with E-state index < -0.39 is 5.54 Å². The number of benzene rings is 2. The van der Waals surface area contributed by atoms with Crippen LogP contribution in [0, 0.1) is 6.92 Å². The smallest absolute Gasteiger partial charge is 0.323 e. The van der Waals surface area contributed by atoms with E-state index in [0.717, 1.165) is 48.9 Å². The average Bonchev–Trinajstić information content (AvgIpc) is 2.67. The first-order valence-electron chi connectivity index (χ1n) is 9.75. The van der Waals surface area contributed by atoms with Crippen LogP contribution in [0.1, 0.15) is 43.2 Å². The van der Waals surface area contributed by atoms with E-state index in [-0.39, 0.29) is 24.3 Å². The topological polar surface area (TPSA) is 96.2 Å². The van der Waals surface area contributed by atoms with Crippen LogP contribution >= 0.6 is 12.4 Å². The molecule has 3 rings (SSSR count). The number of halogens is 1. The fourth-order valence-corrected chi connectivity index (χ4v) is 3.54. The first-order valence-corrected chi connectivity index (χ1v) is 9.75. The number of nitrogens with one attached hydrogen (secondary N) is 3. The number of nitrogens with two attached hydrogens (primary N) is 1. The molecular formula is C22H29ClN4O2. The molecule has 2 aromatic rings. The Morgan fingerprint density at radius 1 is 0.966 bits per heavy atom. The van der Waals surface area contributed by atoms with Crippen molar-refractivity contribution in [3.8, 4) is 0 Å². The van der Waals surface area contributed by atoms with Crippen molar-refractivity contribution in [2.24, 2.45) is 5.73 Å². The van der Waals surface area contributed by atoms with Gasteiger partial charge in [-0.15, -0.1) is 12.4 Å². The number of anilines is 2. The number of urea groups is 1. The maximum absolute atomic E-state index is 12.5. The van der Waals surface area contributed by atoms with Gasteiger partial charge >= 0.3 is 6.03 Å². The number of hydrogen-bond acceptors (Lipinski definition) is 3. The molecule has 1 aliphatic rings. The number of rotatable bonds is 5. The van der Waals surface area contributed by atoms with E-state index in [9.17, 15) is 9.59 Å². The number of carbonyl (C=O) groups excluding carboxylic acids is 2. The third-order valence-electron chi connectivity index (χ3n) is 5.11. The van der Waals surface area contributed by atoms with Gasteiger partial charge in [-0.05, 0) is 55.2 Å². The van der Waals surface area contributed by atoms with Crippen molar-refractivity contribution < 1.29 is 9.59 Å². The van der Waals surface area contributed by atoms with E-state index in [1.807, 2.05) is 55.5 Å². The van der Waals surface area contributed by atoms with Crippen LogP contribution < -0.4 is 21.7 Å². The van der Waals surface area contributed by atoms with Crippen molar-refractivity contribution in [2.45, 2.75) is 51.1 Å². The van der Waals surface area contributed by atoms with Gasteiger partial charge in [0.15, 0.2) is 0 Å². The fraction of sp³-hybridized carbons (Fsp3) is 0.364. The van der Waals surface area contributed by atoms with E-state index in [2.05, 4.69) is 16.0 Å². The average molecular weight is 417 g/mol. The van der Waals surface area contributed by atoms with Crippen LogP contribution in [-0.2, 0) is 11.3 Å². The second kappa shape index (κ2) is 10.3.